The molecule has 90 valence electrons. The molecule has 5 nitrogen and oxygen atoms in total. The summed E-state index contributed by atoms with van der Waals surface area (Å²) in [4.78, 5) is 15.0. The van der Waals surface area contributed by atoms with Crippen LogP contribution in [0.15, 0.2) is 28.4 Å². The molecule has 0 aromatic carbocycles. The van der Waals surface area contributed by atoms with Crippen LogP contribution in [0.25, 0.3) is 10.6 Å². The number of aromatic nitrogens is 4. The number of carbonyl (C=O) groups excluding carboxylic acids is 1. The minimum atomic E-state index is 0.336. The number of hydrogen-bond donors (Lipinski definition) is 0. The standard InChI is InChI=1S/C11H8N4OS2/c16-5-9-3-15(14-13-9)4-10-7-18-11(12-10)8-1-2-17-6-8/h1-3,5-7H,4H2. The average molecular weight is 276 g/mol. The molecule has 3 aromatic rings. The molecule has 0 bridgehead atoms. The first-order chi connectivity index (χ1) is 8.85. The Kier molecular flexibility index (Phi) is 2.99. The van der Waals surface area contributed by atoms with E-state index in [9.17, 15) is 4.79 Å². The van der Waals surface area contributed by atoms with Gasteiger partial charge in [-0.25, -0.2) is 9.67 Å². The summed E-state index contributed by atoms with van der Waals surface area (Å²) in [5.41, 5.74) is 2.40. The van der Waals surface area contributed by atoms with Crippen LogP contribution in [-0.2, 0) is 6.54 Å². The van der Waals surface area contributed by atoms with Gasteiger partial charge >= 0.3 is 0 Å². The molecular weight excluding hydrogens is 268 g/mol. The number of thiophene rings is 1. The summed E-state index contributed by atoms with van der Waals surface area (Å²) in [6, 6.07) is 2.05. The molecule has 0 fully saturated rings. The zero-order chi connectivity index (χ0) is 12.4. The first-order valence-corrected chi connectivity index (χ1v) is 6.99. The lowest BCUT2D eigenvalue weighted by molar-refractivity contribution is 0.111. The van der Waals surface area contributed by atoms with E-state index in [1.54, 1.807) is 33.6 Å². The van der Waals surface area contributed by atoms with Crippen LogP contribution < -0.4 is 0 Å². The van der Waals surface area contributed by atoms with Crippen molar-refractivity contribution < 1.29 is 4.79 Å². The predicted molar refractivity (Wildman–Crippen MR) is 69.9 cm³/mol. The van der Waals surface area contributed by atoms with E-state index in [0.29, 0.717) is 18.5 Å². The smallest absolute Gasteiger partial charge is 0.171 e. The molecule has 0 spiro atoms. The van der Waals surface area contributed by atoms with Crippen LogP contribution in [0.1, 0.15) is 16.2 Å². The molecule has 0 aliphatic carbocycles. The summed E-state index contributed by atoms with van der Waals surface area (Å²) in [5.74, 6) is 0. The topological polar surface area (TPSA) is 60.7 Å². The van der Waals surface area contributed by atoms with Crippen molar-refractivity contribution in [3.63, 3.8) is 0 Å². The largest absolute Gasteiger partial charge is 0.296 e. The van der Waals surface area contributed by atoms with Gasteiger partial charge in [-0.2, -0.15) is 11.3 Å². The van der Waals surface area contributed by atoms with Gasteiger partial charge in [0.1, 0.15) is 10.7 Å². The molecular formula is C11H8N4OS2. The zero-order valence-corrected chi connectivity index (χ0v) is 10.8. The van der Waals surface area contributed by atoms with E-state index in [0.717, 1.165) is 16.3 Å². The summed E-state index contributed by atoms with van der Waals surface area (Å²) in [5, 5.41) is 14.7. The molecule has 0 saturated heterocycles. The Bertz CT molecular complexity index is 656. The van der Waals surface area contributed by atoms with Gasteiger partial charge in [-0.15, -0.1) is 16.4 Å². The maximum absolute atomic E-state index is 10.5. The van der Waals surface area contributed by atoms with Crippen LogP contribution in [0.5, 0.6) is 0 Å². The second kappa shape index (κ2) is 4.79. The Balaban J connectivity index is 1.79. The maximum atomic E-state index is 10.5. The molecule has 0 radical (unpaired) electrons. The summed E-state index contributed by atoms with van der Waals surface area (Å²) in [7, 11) is 0. The van der Waals surface area contributed by atoms with Crippen molar-refractivity contribution in [3.8, 4) is 10.6 Å². The normalized spacial score (nSPS) is 10.7. The predicted octanol–water partition coefficient (Wildman–Crippen LogP) is 2.32. The molecule has 0 amide bonds. The number of thiazole rings is 1. The van der Waals surface area contributed by atoms with Crippen molar-refractivity contribution in [2.24, 2.45) is 0 Å². The highest BCUT2D eigenvalue weighted by Crippen LogP contribution is 2.25. The first kappa shape index (κ1) is 11.2. The van der Waals surface area contributed by atoms with Crippen LogP contribution >= 0.6 is 22.7 Å². The molecule has 0 aliphatic rings. The van der Waals surface area contributed by atoms with Crippen LogP contribution in [0.3, 0.4) is 0 Å². The van der Waals surface area contributed by atoms with Gasteiger partial charge in [-0.3, -0.25) is 4.79 Å². The van der Waals surface area contributed by atoms with Crippen molar-refractivity contribution in [1.29, 1.82) is 0 Å². The van der Waals surface area contributed by atoms with Crippen LogP contribution in [0.4, 0.5) is 0 Å². The van der Waals surface area contributed by atoms with Gasteiger partial charge in [0.15, 0.2) is 6.29 Å². The second-order valence-corrected chi connectivity index (χ2v) is 5.25. The van der Waals surface area contributed by atoms with Crippen molar-refractivity contribution in [2.45, 2.75) is 6.54 Å². The van der Waals surface area contributed by atoms with E-state index in [4.69, 9.17) is 0 Å². The molecule has 0 saturated carbocycles. The van der Waals surface area contributed by atoms with Gasteiger partial charge in [-0.1, -0.05) is 5.21 Å². The number of nitrogens with zero attached hydrogens (tertiary/aromatic N) is 4. The molecule has 0 unspecified atom stereocenters. The summed E-state index contributed by atoms with van der Waals surface area (Å²) in [6.07, 6.45) is 2.29. The zero-order valence-electron chi connectivity index (χ0n) is 9.18. The second-order valence-electron chi connectivity index (χ2n) is 3.61. The highest BCUT2D eigenvalue weighted by Gasteiger charge is 2.06. The molecule has 0 atom stereocenters. The number of carbonyl (C=O) groups is 1. The highest BCUT2D eigenvalue weighted by molar-refractivity contribution is 7.14. The average Bonchev–Trinajstić information content (AvgIpc) is 3.10. The van der Waals surface area contributed by atoms with E-state index in [1.165, 1.54) is 0 Å². The fraction of sp³-hybridized carbons (Fsp3) is 0.0909. The van der Waals surface area contributed by atoms with E-state index in [2.05, 4.69) is 20.7 Å². The summed E-state index contributed by atoms with van der Waals surface area (Å²) in [6.45, 7) is 0.529. The van der Waals surface area contributed by atoms with Gasteiger partial charge in [0, 0.05) is 16.3 Å². The van der Waals surface area contributed by atoms with E-state index in [1.807, 2.05) is 16.8 Å². The lowest BCUT2D eigenvalue weighted by atomic mass is 10.3. The lowest BCUT2D eigenvalue weighted by Gasteiger charge is -1.94. The monoisotopic (exact) mass is 276 g/mol. The maximum Gasteiger partial charge on any atom is 0.171 e. The molecule has 7 heteroatoms. The number of rotatable bonds is 4. The third-order valence-electron chi connectivity index (χ3n) is 2.32. The minimum Gasteiger partial charge on any atom is -0.296 e. The van der Waals surface area contributed by atoms with E-state index < -0.39 is 0 Å². The SMILES string of the molecule is O=Cc1cn(Cc2csc(-c3ccsc3)n2)nn1. The van der Waals surface area contributed by atoms with E-state index >= 15 is 0 Å². The Morgan fingerprint density at radius 2 is 2.33 bits per heavy atom. The first-order valence-electron chi connectivity index (χ1n) is 5.17. The molecule has 3 aromatic heterocycles. The third kappa shape index (κ3) is 2.22. The number of hydrogen-bond acceptors (Lipinski definition) is 6. The Hall–Kier alpha value is -1.86. The quantitative estimate of drug-likeness (QED) is 0.686. The van der Waals surface area contributed by atoms with Gasteiger partial charge < -0.3 is 0 Å². The van der Waals surface area contributed by atoms with Gasteiger partial charge in [-0.05, 0) is 11.4 Å². The van der Waals surface area contributed by atoms with Crippen molar-refractivity contribution in [1.82, 2.24) is 20.0 Å². The van der Waals surface area contributed by atoms with Crippen molar-refractivity contribution in [2.75, 3.05) is 0 Å². The minimum absolute atomic E-state index is 0.336. The molecule has 0 N–H and O–H groups in total. The van der Waals surface area contributed by atoms with Gasteiger partial charge in [0.05, 0.1) is 18.4 Å². The fourth-order valence-corrected chi connectivity index (χ4v) is 3.03. The Labute approximate surface area is 111 Å². The lowest BCUT2D eigenvalue weighted by Crippen LogP contribution is -2.00. The molecule has 0 aliphatic heterocycles. The highest BCUT2D eigenvalue weighted by atomic mass is 32.1. The van der Waals surface area contributed by atoms with Gasteiger partial charge in [0.2, 0.25) is 0 Å². The third-order valence-corrected chi connectivity index (χ3v) is 3.94. The summed E-state index contributed by atoms with van der Waals surface area (Å²) < 4.78 is 1.61. The Morgan fingerprint density at radius 3 is 3.06 bits per heavy atom. The summed E-state index contributed by atoms with van der Waals surface area (Å²) >= 11 is 3.26. The van der Waals surface area contributed by atoms with Crippen molar-refractivity contribution >= 4 is 29.0 Å². The van der Waals surface area contributed by atoms with Crippen LogP contribution in [-0.4, -0.2) is 26.3 Å². The molecule has 18 heavy (non-hydrogen) atoms. The fourth-order valence-electron chi connectivity index (χ4n) is 1.51. The van der Waals surface area contributed by atoms with Gasteiger partial charge in [0.25, 0.3) is 0 Å². The van der Waals surface area contributed by atoms with Crippen LogP contribution in [0, 0.1) is 0 Å². The van der Waals surface area contributed by atoms with E-state index in [-0.39, 0.29) is 0 Å². The van der Waals surface area contributed by atoms with Crippen molar-refractivity contribution in [3.05, 3.63) is 39.8 Å². The molecule has 3 rings (SSSR count). The van der Waals surface area contributed by atoms with Crippen LogP contribution in [0.2, 0.25) is 0 Å². The number of aldehydes is 1. The molecule has 3 heterocycles. The Morgan fingerprint density at radius 1 is 1.39 bits per heavy atom.